The minimum atomic E-state index is -1.30. The van der Waals surface area contributed by atoms with E-state index in [0.717, 1.165) is 88.2 Å². The van der Waals surface area contributed by atoms with E-state index in [1.165, 1.54) is 32.1 Å². The first-order chi connectivity index (χ1) is 45.7. The van der Waals surface area contributed by atoms with E-state index in [9.17, 15) is 28.8 Å². The summed E-state index contributed by atoms with van der Waals surface area (Å²) in [6.07, 6.45) is 19.1. The fraction of sp³-hybridized carbons (Fsp3) is 0.743. The second-order valence-corrected chi connectivity index (χ2v) is 22.6. The Bertz CT molecular complexity index is 2130. The maximum absolute atomic E-state index is 14.3. The largest absolute Gasteiger partial charge is 0.461 e. The number of hydrogen-bond acceptors (Lipinski definition) is 21. The number of benzene rings is 2. The van der Waals surface area contributed by atoms with Gasteiger partial charge < -0.3 is 76.5 Å². The van der Waals surface area contributed by atoms with Crippen LogP contribution in [0.5, 0.6) is 0 Å². The van der Waals surface area contributed by atoms with Crippen LogP contribution in [0.4, 0.5) is 0 Å². The minimum Gasteiger partial charge on any atom is -0.461 e. The van der Waals surface area contributed by atoms with Crippen LogP contribution in [0.3, 0.4) is 0 Å². The minimum absolute atomic E-state index is 0.0492. The van der Waals surface area contributed by atoms with Gasteiger partial charge in [0.05, 0.1) is 165 Å². The highest BCUT2D eigenvalue weighted by Crippen LogP contribution is 2.35. The summed E-state index contributed by atoms with van der Waals surface area (Å²) in [5.74, 6) is -2.65. The molecule has 2 aromatic carbocycles. The van der Waals surface area contributed by atoms with Crippen LogP contribution in [0.1, 0.15) is 166 Å². The smallest absolute Gasteiger partial charge is 0.335 e. The number of hydroxylamine groups is 2. The van der Waals surface area contributed by atoms with Gasteiger partial charge in [0.2, 0.25) is 5.91 Å². The van der Waals surface area contributed by atoms with E-state index in [2.05, 4.69) is 12.2 Å². The molecule has 0 aliphatic carbocycles. The average Bonchev–Trinajstić information content (AvgIpc) is 1.41. The summed E-state index contributed by atoms with van der Waals surface area (Å²) in [6.45, 7) is 12.3. The zero-order valence-electron chi connectivity index (χ0n) is 56.1. The molecule has 0 unspecified atom stereocenters. The average molecular weight is 1320 g/mol. The monoisotopic (exact) mass is 1320 g/mol. The molecule has 0 bridgehead atoms. The molecule has 1 fully saturated rings. The molecule has 1 aliphatic heterocycles. The Morgan fingerprint density at radius 1 is 0.376 bits per heavy atom. The molecule has 530 valence electrons. The topological polar surface area (TPSA) is 256 Å². The molecular formula is C70H114N2O21. The summed E-state index contributed by atoms with van der Waals surface area (Å²) in [6, 6.07) is 19.3. The number of carbonyl (C=O) groups is 6. The summed E-state index contributed by atoms with van der Waals surface area (Å²) in [5.41, 5.74) is 0.572. The molecule has 1 heterocycles. The van der Waals surface area contributed by atoms with Gasteiger partial charge in [0.15, 0.2) is 0 Å². The number of hydrogen-bond donors (Lipinski definition) is 1. The summed E-state index contributed by atoms with van der Waals surface area (Å²) >= 11 is 0. The number of nitrogens with one attached hydrogen (secondary N) is 1. The molecule has 1 atom stereocenters. The standard InChI is InChI=1S/C70H114N2O21/c1-2-3-4-5-6-8-11-14-23-33-70(69(78)92-61-63-27-20-17-21-28-63,34-24-15-12-9-7-10-13-22-29-66(75)91-60-62-25-18-16-19-26-62)68(77)71-35-37-80-39-41-82-43-45-84-47-49-86-51-53-88-55-57-90-59-58-89-56-54-87-52-50-85-48-46-83-44-42-81-40-38-79-36-32-67(76)93-72-64(73)30-31-65(72)74/h16-21,25-28H,2-15,22-24,29-61H2,1H3,(H,71,77)/t70-/m1/s1. The highest BCUT2D eigenvalue weighted by atomic mass is 16.7. The molecule has 3 rings (SSSR count). The van der Waals surface area contributed by atoms with Crippen molar-refractivity contribution in [3.8, 4) is 0 Å². The summed E-state index contributed by atoms with van der Waals surface area (Å²) in [4.78, 5) is 80.3. The van der Waals surface area contributed by atoms with Crippen LogP contribution < -0.4 is 5.32 Å². The molecule has 3 amide bonds. The lowest BCUT2D eigenvalue weighted by atomic mass is 9.76. The number of rotatable bonds is 67. The maximum atomic E-state index is 14.3. The van der Waals surface area contributed by atoms with Crippen molar-refractivity contribution < 1.29 is 99.9 Å². The molecule has 0 saturated carbocycles. The Kier molecular flexibility index (Phi) is 52.6. The Balaban J connectivity index is 1.13. The number of imide groups is 1. The summed E-state index contributed by atoms with van der Waals surface area (Å²) in [7, 11) is 0. The van der Waals surface area contributed by atoms with Crippen LogP contribution in [0.2, 0.25) is 0 Å². The molecule has 23 heteroatoms. The van der Waals surface area contributed by atoms with Gasteiger partial charge in [-0.3, -0.25) is 24.0 Å². The summed E-state index contributed by atoms with van der Waals surface area (Å²) in [5, 5.41) is 3.58. The fourth-order valence-corrected chi connectivity index (χ4v) is 9.70. The first-order valence-corrected chi connectivity index (χ1v) is 34.4. The lowest BCUT2D eigenvalue weighted by molar-refractivity contribution is -0.198. The first kappa shape index (κ1) is 82.2. The van der Waals surface area contributed by atoms with Gasteiger partial charge in [-0.1, -0.05) is 170 Å². The van der Waals surface area contributed by atoms with Crippen LogP contribution in [-0.4, -0.2) is 206 Å². The predicted octanol–water partition coefficient (Wildman–Crippen LogP) is 9.59. The van der Waals surface area contributed by atoms with Gasteiger partial charge in [-0.2, -0.15) is 0 Å². The first-order valence-electron chi connectivity index (χ1n) is 34.4. The number of amides is 3. The Morgan fingerprint density at radius 2 is 0.699 bits per heavy atom. The van der Waals surface area contributed by atoms with E-state index in [1.807, 2.05) is 60.7 Å². The molecule has 2 aromatic rings. The van der Waals surface area contributed by atoms with Crippen molar-refractivity contribution in [2.24, 2.45) is 5.41 Å². The van der Waals surface area contributed by atoms with Crippen molar-refractivity contribution in [2.75, 3.05) is 165 Å². The van der Waals surface area contributed by atoms with Gasteiger partial charge in [-0.25, -0.2) is 4.79 Å². The zero-order valence-corrected chi connectivity index (χ0v) is 56.1. The predicted molar refractivity (Wildman–Crippen MR) is 348 cm³/mol. The van der Waals surface area contributed by atoms with Crippen LogP contribution in [0.15, 0.2) is 60.7 Å². The number of nitrogens with zero attached hydrogens (tertiary/aromatic N) is 1. The maximum Gasteiger partial charge on any atom is 0.335 e. The summed E-state index contributed by atoms with van der Waals surface area (Å²) < 4.78 is 78.0. The Hall–Kier alpha value is -5.02. The number of unbranched alkanes of at least 4 members (excludes halogenated alkanes) is 15. The molecule has 1 N–H and O–H groups in total. The van der Waals surface area contributed by atoms with Crippen molar-refractivity contribution in [1.82, 2.24) is 10.4 Å². The van der Waals surface area contributed by atoms with E-state index in [-0.39, 0.29) is 64.1 Å². The van der Waals surface area contributed by atoms with Gasteiger partial charge in [0.25, 0.3) is 11.8 Å². The second-order valence-electron chi connectivity index (χ2n) is 22.6. The SMILES string of the molecule is CCCCCCCCCCC[C@@](CCCCCCCCCCC(=O)OCc1ccccc1)(C(=O)NCCOCCOCCOCCOCCOCCOCCOCCOCCOCCOCCOCCOCCC(=O)ON1C(=O)CCC1=O)C(=O)OCc1ccccc1. The molecule has 23 nitrogen and oxygen atoms in total. The van der Waals surface area contributed by atoms with Crippen molar-refractivity contribution in [2.45, 2.75) is 168 Å². The van der Waals surface area contributed by atoms with Crippen molar-refractivity contribution in [1.29, 1.82) is 0 Å². The van der Waals surface area contributed by atoms with Gasteiger partial charge in [0, 0.05) is 25.8 Å². The van der Waals surface area contributed by atoms with E-state index >= 15 is 0 Å². The zero-order chi connectivity index (χ0) is 66.4. The number of esters is 2. The number of carbonyl (C=O) groups excluding carboxylic acids is 6. The molecule has 1 aliphatic rings. The van der Waals surface area contributed by atoms with E-state index in [4.69, 9.17) is 71.2 Å². The van der Waals surface area contributed by atoms with Crippen molar-refractivity contribution in [3.05, 3.63) is 71.8 Å². The van der Waals surface area contributed by atoms with Crippen LogP contribution in [0.25, 0.3) is 0 Å². The normalized spacial score (nSPS) is 13.0. The number of ether oxygens (including phenoxy) is 14. The molecule has 1 saturated heterocycles. The highest BCUT2D eigenvalue weighted by Gasteiger charge is 2.46. The Morgan fingerprint density at radius 3 is 1.08 bits per heavy atom. The molecule has 0 spiro atoms. The third kappa shape index (κ3) is 45.1. The lowest BCUT2D eigenvalue weighted by Gasteiger charge is -2.31. The van der Waals surface area contributed by atoms with Crippen LogP contribution in [0, 0.1) is 5.41 Å². The molecule has 93 heavy (non-hydrogen) atoms. The lowest BCUT2D eigenvalue weighted by Crippen LogP contribution is -2.48. The highest BCUT2D eigenvalue weighted by molar-refractivity contribution is 6.03. The van der Waals surface area contributed by atoms with Gasteiger partial charge in [0.1, 0.15) is 18.6 Å². The van der Waals surface area contributed by atoms with Crippen molar-refractivity contribution in [3.63, 3.8) is 0 Å². The van der Waals surface area contributed by atoms with Crippen LogP contribution in [-0.2, 0) is 113 Å². The van der Waals surface area contributed by atoms with Crippen LogP contribution >= 0.6 is 0 Å². The van der Waals surface area contributed by atoms with Crippen molar-refractivity contribution >= 4 is 35.6 Å². The van der Waals surface area contributed by atoms with Gasteiger partial charge in [-0.05, 0) is 30.4 Å². The molecule has 0 radical (unpaired) electrons. The third-order valence-corrected chi connectivity index (χ3v) is 15.0. The van der Waals surface area contributed by atoms with Gasteiger partial charge >= 0.3 is 17.9 Å². The van der Waals surface area contributed by atoms with Gasteiger partial charge in [-0.15, -0.1) is 5.06 Å². The Labute approximate surface area is 554 Å². The van der Waals surface area contributed by atoms with E-state index in [0.29, 0.717) is 170 Å². The third-order valence-electron chi connectivity index (χ3n) is 15.0. The quantitative estimate of drug-likeness (QED) is 0.0280. The fourth-order valence-electron chi connectivity index (χ4n) is 9.70. The second kappa shape index (κ2) is 59.5. The van der Waals surface area contributed by atoms with E-state index in [1.54, 1.807) is 0 Å². The molecule has 0 aromatic heterocycles. The molecular weight excluding hydrogens is 1200 g/mol. The van der Waals surface area contributed by atoms with E-state index < -0.39 is 29.2 Å².